The lowest BCUT2D eigenvalue weighted by molar-refractivity contribution is 0.296. The Kier molecular flexibility index (Phi) is 7.34. The zero-order chi connectivity index (χ0) is 13.3. The maximum absolute atomic E-state index is 11.7. The van der Waals surface area contributed by atoms with Gasteiger partial charge in [0.1, 0.15) is 0 Å². The predicted molar refractivity (Wildman–Crippen MR) is 76.1 cm³/mol. The highest BCUT2D eigenvalue weighted by Crippen LogP contribution is 2.05. The van der Waals surface area contributed by atoms with E-state index in [4.69, 9.17) is 5.11 Å². The Hall–Kier alpha value is -0.560. The summed E-state index contributed by atoms with van der Waals surface area (Å²) in [5.74, 6) is 1.61. The van der Waals surface area contributed by atoms with Gasteiger partial charge in [0.25, 0.3) is 0 Å². The minimum Gasteiger partial charge on any atom is -0.396 e. The van der Waals surface area contributed by atoms with Gasteiger partial charge in [-0.1, -0.05) is 30.3 Å². The molecule has 0 aromatic heterocycles. The van der Waals surface area contributed by atoms with Gasteiger partial charge in [-0.15, -0.1) is 0 Å². The number of aliphatic hydroxyl groups is 1. The highest BCUT2D eigenvalue weighted by molar-refractivity contribution is 7.99. The summed E-state index contributed by atoms with van der Waals surface area (Å²) in [5, 5.41) is 8.59. The highest BCUT2D eigenvalue weighted by Gasteiger charge is 2.09. The fraction of sp³-hybridized carbons (Fsp3) is 0.500. The molecule has 0 aliphatic carbocycles. The smallest absolute Gasteiger partial charge is 0.215 e. The lowest BCUT2D eigenvalue weighted by Crippen LogP contribution is -2.27. The third-order valence-corrected chi connectivity index (χ3v) is 4.64. The Bertz CT molecular complexity index is 420. The van der Waals surface area contributed by atoms with Gasteiger partial charge in [0.2, 0.25) is 10.0 Å². The molecule has 0 heterocycles. The first kappa shape index (κ1) is 15.5. The molecule has 0 aliphatic rings. The molecule has 0 saturated heterocycles. The first-order valence-corrected chi connectivity index (χ1v) is 8.64. The van der Waals surface area contributed by atoms with Crippen LogP contribution in [0.1, 0.15) is 12.0 Å². The molecule has 2 N–H and O–H groups in total. The molecule has 18 heavy (non-hydrogen) atoms. The zero-order valence-electron chi connectivity index (χ0n) is 10.2. The topological polar surface area (TPSA) is 66.4 Å². The van der Waals surface area contributed by atoms with Crippen molar-refractivity contribution in [3.8, 4) is 0 Å². The molecule has 6 heteroatoms. The third kappa shape index (κ3) is 7.00. The van der Waals surface area contributed by atoms with Gasteiger partial charge in [0.15, 0.2) is 0 Å². The van der Waals surface area contributed by atoms with Crippen molar-refractivity contribution in [1.29, 1.82) is 0 Å². The standard InChI is InChI=1S/C12H19NO3S2/c14-8-4-9-17-10-7-13-18(15,16)11-12-5-2-1-3-6-12/h1-3,5-6,13-14H,4,7-11H2. The molecule has 0 fully saturated rings. The molecule has 1 aromatic rings. The second kappa shape index (κ2) is 8.53. The summed E-state index contributed by atoms with van der Waals surface area (Å²) >= 11 is 1.64. The summed E-state index contributed by atoms with van der Waals surface area (Å²) in [6, 6.07) is 9.12. The van der Waals surface area contributed by atoms with Crippen LogP contribution in [0.25, 0.3) is 0 Å². The second-order valence-electron chi connectivity index (χ2n) is 3.83. The largest absolute Gasteiger partial charge is 0.396 e. The molecule has 0 radical (unpaired) electrons. The lowest BCUT2D eigenvalue weighted by atomic mass is 10.2. The SMILES string of the molecule is O=S(=O)(Cc1ccccc1)NCCSCCCO. The molecule has 0 unspecified atom stereocenters. The van der Waals surface area contributed by atoms with Gasteiger partial charge < -0.3 is 5.11 Å². The Morgan fingerprint density at radius 2 is 1.89 bits per heavy atom. The fourth-order valence-electron chi connectivity index (χ4n) is 1.38. The Labute approximate surface area is 113 Å². The van der Waals surface area contributed by atoms with Crippen molar-refractivity contribution in [2.45, 2.75) is 12.2 Å². The summed E-state index contributed by atoms with van der Waals surface area (Å²) in [6.45, 7) is 0.623. The van der Waals surface area contributed by atoms with Gasteiger partial charge in [-0.25, -0.2) is 13.1 Å². The van der Waals surface area contributed by atoms with E-state index in [1.807, 2.05) is 18.2 Å². The van der Waals surface area contributed by atoms with Crippen molar-refractivity contribution in [3.63, 3.8) is 0 Å². The van der Waals surface area contributed by atoms with Gasteiger partial charge in [-0.3, -0.25) is 0 Å². The van der Waals surface area contributed by atoms with Crippen LogP contribution < -0.4 is 4.72 Å². The van der Waals surface area contributed by atoms with Crippen LogP contribution in [0.4, 0.5) is 0 Å². The van der Waals surface area contributed by atoms with Crippen LogP contribution in [0, 0.1) is 0 Å². The molecule has 1 aromatic carbocycles. The van der Waals surface area contributed by atoms with Gasteiger partial charge >= 0.3 is 0 Å². The van der Waals surface area contributed by atoms with Crippen LogP contribution in [0.15, 0.2) is 30.3 Å². The minimum atomic E-state index is -3.24. The number of sulfonamides is 1. The molecule has 0 bridgehead atoms. The monoisotopic (exact) mass is 289 g/mol. The third-order valence-electron chi connectivity index (χ3n) is 2.21. The van der Waals surface area contributed by atoms with E-state index in [0.717, 1.165) is 23.5 Å². The highest BCUT2D eigenvalue weighted by atomic mass is 32.2. The van der Waals surface area contributed by atoms with Gasteiger partial charge in [0.05, 0.1) is 5.75 Å². The number of hydrogen-bond acceptors (Lipinski definition) is 4. The normalized spacial score (nSPS) is 11.6. The number of aliphatic hydroxyl groups excluding tert-OH is 1. The molecule has 0 amide bonds. The van der Waals surface area contributed by atoms with Crippen LogP contribution in [-0.4, -0.2) is 38.2 Å². The molecule has 0 spiro atoms. The summed E-state index contributed by atoms with van der Waals surface area (Å²) in [7, 11) is -3.24. The average Bonchev–Trinajstić information content (AvgIpc) is 2.34. The minimum absolute atomic E-state index is 0.0230. The first-order chi connectivity index (χ1) is 8.64. The summed E-state index contributed by atoms with van der Waals surface area (Å²) in [4.78, 5) is 0. The van der Waals surface area contributed by atoms with E-state index in [2.05, 4.69) is 4.72 Å². The fourth-order valence-corrected chi connectivity index (χ4v) is 3.44. The van der Waals surface area contributed by atoms with E-state index >= 15 is 0 Å². The van der Waals surface area contributed by atoms with E-state index < -0.39 is 10.0 Å². The van der Waals surface area contributed by atoms with E-state index in [-0.39, 0.29) is 12.4 Å². The van der Waals surface area contributed by atoms with Gasteiger partial charge in [-0.2, -0.15) is 11.8 Å². The molecule has 102 valence electrons. The number of benzene rings is 1. The maximum atomic E-state index is 11.7. The lowest BCUT2D eigenvalue weighted by Gasteiger charge is -2.06. The molecule has 0 aliphatic heterocycles. The van der Waals surface area contributed by atoms with Crippen LogP contribution in [0.2, 0.25) is 0 Å². The van der Waals surface area contributed by atoms with Crippen molar-refractivity contribution in [3.05, 3.63) is 35.9 Å². The van der Waals surface area contributed by atoms with Gasteiger partial charge in [0, 0.05) is 18.9 Å². The molecular weight excluding hydrogens is 270 g/mol. The molecule has 0 saturated carbocycles. The quantitative estimate of drug-likeness (QED) is 0.671. The number of thioether (sulfide) groups is 1. The van der Waals surface area contributed by atoms with Crippen LogP contribution in [0.5, 0.6) is 0 Å². The predicted octanol–water partition coefficient (Wildman–Crippen LogP) is 1.22. The second-order valence-corrected chi connectivity index (χ2v) is 6.86. The molecule has 4 nitrogen and oxygen atoms in total. The first-order valence-electron chi connectivity index (χ1n) is 5.84. The van der Waals surface area contributed by atoms with Crippen molar-refractivity contribution in [2.24, 2.45) is 0 Å². The van der Waals surface area contributed by atoms with E-state index in [0.29, 0.717) is 6.54 Å². The average molecular weight is 289 g/mol. The van der Waals surface area contributed by atoms with Crippen molar-refractivity contribution < 1.29 is 13.5 Å². The number of nitrogens with one attached hydrogen (secondary N) is 1. The Morgan fingerprint density at radius 1 is 1.17 bits per heavy atom. The molecule has 1 rings (SSSR count). The van der Waals surface area contributed by atoms with E-state index in [9.17, 15) is 8.42 Å². The van der Waals surface area contributed by atoms with Crippen molar-refractivity contribution >= 4 is 21.8 Å². The summed E-state index contributed by atoms with van der Waals surface area (Å²) in [5.41, 5.74) is 0.790. The molecular formula is C12H19NO3S2. The van der Waals surface area contributed by atoms with Crippen molar-refractivity contribution in [1.82, 2.24) is 4.72 Å². The van der Waals surface area contributed by atoms with Crippen LogP contribution in [0.3, 0.4) is 0 Å². The van der Waals surface area contributed by atoms with Crippen LogP contribution >= 0.6 is 11.8 Å². The Balaban J connectivity index is 2.24. The van der Waals surface area contributed by atoms with Gasteiger partial charge in [-0.05, 0) is 17.7 Å². The van der Waals surface area contributed by atoms with Crippen molar-refractivity contribution in [2.75, 3.05) is 24.7 Å². The number of hydrogen-bond donors (Lipinski definition) is 2. The zero-order valence-corrected chi connectivity index (χ0v) is 11.8. The van der Waals surface area contributed by atoms with E-state index in [1.54, 1.807) is 23.9 Å². The van der Waals surface area contributed by atoms with E-state index in [1.165, 1.54) is 0 Å². The Morgan fingerprint density at radius 3 is 2.56 bits per heavy atom. The molecule has 0 atom stereocenters. The summed E-state index contributed by atoms with van der Waals surface area (Å²) < 4.78 is 26.0. The summed E-state index contributed by atoms with van der Waals surface area (Å²) in [6.07, 6.45) is 0.751. The van der Waals surface area contributed by atoms with Crippen LogP contribution in [-0.2, 0) is 15.8 Å². The maximum Gasteiger partial charge on any atom is 0.215 e. The number of rotatable bonds is 9.